The third-order valence-electron chi connectivity index (χ3n) is 4.44. The number of rotatable bonds is 5. The van der Waals surface area contributed by atoms with Gasteiger partial charge in [-0.05, 0) is 50.8 Å². The van der Waals surface area contributed by atoms with E-state index in [2.05, 4.69) is 31.0 Å². The number of benzene rings is 1. The lowest BCUT2D eigenvalue weighted by molar-refractivity contribution is -0.117. The largest absolute Gasteiger partial charge is 0.351 e. The van der Waals surface area contributed by atoms with E-state index in [1.165, 1.54) is 12.8 Å². The highest BCUT2D eigenvalue weighted by Gasteiger charge is 2.30. The Labute approximate surface area is 134 Å². The molecule has 22 heavy (non-hydrogen) atoms. The number of hydrogen-bond donors (Lipinski definition) is 1. The molecule has 3 heteroatoms. The molecule has 0 saturated carbocycles. The van der Waals surface area contributed by atoms with Crippen molar-refractivity contribution < 1.29 is 4.79 Å². The van der Waals surface area contributed by atoms with Gasteiger partial charge >= 0.3 is 0 Å². The fraction of sp³-hybridized carbons (Fsp3) is 0.526. The molecule has 0 bridgehead atoms. The molecule has 0 radical (unpaired) electrons. The van der Waals surface area contributed by atoms with Gasteiger partial charge in [0.15, 0.2) is 0 Å². The first-order chi connectivity index (χ1) is 10.5. The van der Waals surface area contributed by atoms with E-state index in [-0.39, 0.29) is 11.4 Å². The molecule has 1 fully saturated rings. The van der Waals surface area contributed by atoms with Crippen LogP contribution in [-0.4, -0.2) is 36.0 Å². The summed E-state index contributed by atoms with van der Waals surface area (Å²) in [5.41, 5.74) is 1.05. The van der Waals surface area contributed by atoms with Gasteiger partial charge in [-0.1, -0.05) is 37.3 Å². The first-order valence-corrected chi connectivity index (χ1v) is 8.23. The molecular formula is C19H28N2O. The molecule has 3 nitrogen and oxygen atoms in total. The summed E-state index contributed by atoms with van der Waals surface area (Å²) in [7, 11) is 0. The van der Waals surface area contributed by atoms with Crippen molar-refractivity contribution in [2.75, 3.05) is 19.6 Å². The summed E-state index contributed by atoms with van der Waals surface area (Å²) in [6, 6.07) is 9.89. The first-order valence-electron chi connectivity index (χ1n) is 8.23. The minimum atomic E-state index is -0.0259. The van der Waals surface area contributed by atoms with Crippen LogP contribution in [0.15, 0.2) is 36.4 Å². The van der Waals surface area contributed by atoms with E-state index in [0.717, 1.165) is 24.6 Å². The molecule has 1 atom stereocenters. The standard InChI is InChI=1S/C19H28N2O/c1-16-8-7-13-21(14-16)19(2,3)15-20-18(22)12-11-17-9-5-4-6-10-17/h4-6,9-12,16H,7-8,13-15H2,1-3H3,(H,20,22). The number of carbonyl (C=O) groups is 1. The molecule has 120 valence electrons. The van der Waals surface area contributed by atoms with E-state index in [1.807, 2.05) is 36.4 Å². The van der Waals surface area contributed by atoms with Crippen LogP contribution in [0, 0.1) is 5.92 Å². The topological polar surface area (TPSA) is 32.3 Å². The summed E-state index contributed by atoms with van der Waals surface area (Å²) >= 11 is 0. The van der Waals surface area contributed by atoms with E-state index in [0.29, 0.717) is 6.54 Å². The van der Waals surface area contributed by atoms with Crippen molar-refractivity contribution in [3.05, 3.63) is 42.0 Å². The Bertz CT molecular complexity index is 507. The van der Waals surface area contributed by atoms with Crippen molar-refractivity contribution in [2.24, 2.45) is 5.92 Å². The molecule has 1 aromatic carbocycles. The third-order valence-corrected chi connectivity index (χ3v) is 4.44. The first kappa shape index (κ1) is 16.8. The van der Waals surface area contributed by atoms with Gasteiger partial charge in [-0.25, -0.2) is 0 Å². The lowest BCUT2D eigenvalue weighted by atomic mass is 9.93. The van der Waals surface area contributed by atoms with Crippen LogP contribution in [0.2, 0.25) is 0 Å². The van der Waals surface area contributed by atoms with Crippen molar-refractivity contribution in [3.63, 3.8) is 0 Å². The van der Waals surface area contributed by atoms with Gasteiger partial charge in [-0.3, -0.25) is 9.69 Å². The van der Waals surface area contributed by atoms with Gasteiger partial charge in [0.05, 0.1) is 0 Å². The van der Waals surface area contributed by atoms with Gasteiger partial charge in [0.25, 0.3) is 0 Å². The maximum absolute atomic E-state index is 12.0. The maximum atomic E-state index is 12.0. The number of nitrogens with zero attached hydrogens (tertiary/aromatic N) is 1. The Hall–Kier alpha value is -1.61. The number of carbonyl (C=O) groups excluding carboxylic acids is 1. The number of hydrogen-bond acceptors (Lipinski definition) is 2. The van der Waals surface area contributed by atoms with Crippen LogP contribution in [0.4, 0.5) is 0 Å². The van der Waals surface area contributed by atoms with Crippen LogP contribution in [0.1, 0.15) is 39.2 Å². The molecule has 1 N–H and O–H groups in total. The fourth-order valence-electron chi connectivity index (χ4n) is 2.95. The predicted molar refractivity (Wildman–Crippen MR) is 92.5 cm³/mol. The average molecular weight is 300 g/mol. The number of piperidine rings is 1. The molecule has 1 aliphatic rings. The SMILES string of the molecule is CC1CCCN(C(C)(C)CNC(=O)C=Cc2ccccc2)C1. The summed E-state index contributed by atoms with van der Waals surface area (Å²) in [6.45, 7) is 9.68. The molecule has 2 rings (SSSR count). The summed E-state index contributed by atoms with van der Waals surface area (Å²) in [6.07, 6.45) is 6.04. The van der Waals surface area contributed by atoms with Crippen molar-refractivity contribution in [1.29, 1.82) is 0 Å². The summed E-state index contributed by atoms with van der Waals surface area (Å²) in [4.78, 5) is 14.5. The third kappa shape index (κ3) is 4.99. The second kappa shape index (κ2) is 7.59. The maximum Gasteiger partial charge on any atom is 0.244 e. The van der Waals surface area contributed by atoms with Crippen LogP contribution < -0.4 is 5.32 Å². The zero-order valence-corrected chi connectivity index (χ0v) is 14.0. The quantitative estimate of drug-likeness (QED) is 0.846. The van der Waals surface area contributed by atoms with E-state index in [4.69, 9.17) is 0 Å². The van der Waals surface area contributed by atoms with Gasteiger partial charge in [-0.15, -0.1) is 0 Å². The Kier molecular flexibility index (Phi) is 5.78. The van der Waals surface area contributed by atoms with E-state index in [1.54, 1.807) is 6.08 Å². The molecule has 1 amide bonds. The zero-order chi connectivity index (χ0) is 16.0. The van der Waals surface area contributed by atoms with Crippen LogP contribution in [0.5, 0.6) is 0 Å². The van der Waals surface area contributed by atoms with Crippen molar-refractivity contribution in [3.8, 4) is 0 Å². The predicted octanol–water partition coefficient (Wildman–Crippen LogP) is 3.33. The van der Waals surface area contributed by atoms with Crippen molar-refractivity contribution in [1.82, 2.24) is 10.2 Å². The lowest BCUT2D eigenvalue weighted by Gasteiger charge is -2.43. The Morgan fingerprint density at radius 1 is 1.36 bits per heavy atom. The fourth-order valence-corrected chi connectivity index (χ4v) is 2.95. The van der Waals surface area contributed by atoms with Gasteiger partial charge in [-0.2, -0.15) is 0 Å². The molecule has 1 unspecified atom stereocenters. The highest BCUT2D eigenvalue weighted by molar-refractivity contribution is 5.91. The Balaban J connectivity index is 1.83. The minimum absolute atomic E-state index is 0.00489. The number of nitrogens with one attached hydrogen (secondary N) is 1. The summed E-state index contributed by atoms with van der Waals surface area (Å²) in [5, 5.41) is 3.04. The zero-order valence-electron chi connectivity index (χ0n) is 14.0. The van der Waals surface area contributed by atoms with E-state index < -0.39 is 0 Å². The molecule has 0 aliphatic carbocycles. The van der Waals surface area contributed by atoms with E-state index in [9.17, 15) is 4.79 Å². The highest BCUT2D eigenvalue weighted by Crippen LogP contribution is 2.23. The monoisotopic (exact) mass is 300 g/mol. The molecule has 0 spiro atoms. The molecule has 1 aromatic rings. The minimum Gasteiger partial charge on any atom is -0.351 e. The lowest BCUT2D eigenvalue weighted by Crippen LogP contribution is -2.54. The van der Waals surface area contributed by atoms with E-state index >= 15 is 0 Å². The van der Waals surface area contributed by atoms with Crippen LogP contribution in [-0.2, 0) is 4.79 Å². The van der Waals surface area contributed by atoms with Gasteiger partial charge in [0, 0.05) is 24.7 Å². The second-order valence-corrected chi connectivity index (χ2v) is 6.97. The van der Waals surface area contributed by atoms with Crippen LogP contribution in [0.3, 0.4) is 0 Å². The highest BCUT2D eigenvalue weighted by atomic mass is 16.1. The normalized spacial score (nSPS) is 20.2. The molecule has 1 heterocycles. The van der Waals surface area contributed by atoms with Gasteiger partial charge < -0.3 is 5.32 Å². The summed E-state index contributed by atoms with van der Waals surface area (Å²) in [5.74, 6) is 0.726. The van der Waals surface area contributed by atoms with Gasteiger partial charge in [0.2, 0.25) is 5.91 Å². The Morgan fingerprint density at radius 3 is 2.77 bits per heavy atom. The van der Waals surface area contributed by atoms with Crippen molar-refractivity contribution >= 4 is 12.0 Å². The van der Waals surface area contributed by atoms with Crippen molar-refractivity contribution in [2.45, 2.75) is 39.2 Å². The van der Waals surface area contributed by atoms with Gasteiger partial charge in [0.1, 0.15) is 0 Å². The molecule has 1 saturated heterocycles. The molecule has 0 aromatic heterocycles. The second-order valence-electron chi connectivity index (χ2n) is 6.97. The smallest absolute Gasteiger partial charge is 0.244 e. The Morgan fingerprint density at radius 2 is 2.09 bits per heavy atom. The van der Waals surface area contributed by atoms with Crippen LogP contribution in [0.25, 0.3) is 6.08 Å². The number of likely N-dealkylation sites (tertiary alicyclic amines) is 1. The number of amides is 1. The van der Waals surface area contributed by atoms with Crippen LogP contribution >= 0.6 is 0 Å². The molecule has 1 aliphatic heterocycles. The average Bonchev–Trinajstić information content (AvgIpc) is 2.52. The summed E-state index contributed by atoms with van der Waals surface area (Å²) < 4.78 is 0. The molecular weight excluding hydrogens is 272 g/mol.